The Balaban J connectivity index is 1.24. The number of hydrogen-bond acceptors (Lipinski definition) is 10. The first-order chi connectivity index (χ1) is 20.2. The van der Waals surface area contributed by atoms with Crippen LogP contribution in [-0.4, -0.2) is 59.1 Å². The van der Waals surface area contributed by atoms with Gasteiger partial charge in [0.2, 0.25) is 0 Å². The highest BCUT2D eigenvalue weighted by Gasteiger charge is 2.32. The number of rotatable bonds is 6. The number of pyridine rings is 1. The number of carbonyl (C=O) groups excluding carboxylic acids is 1. The van der Waals surface area contributed by atoms with Crippen LogP contribution in [-0.2, 0) is 16.0 Å². The monoisotopic (exact) mass is 545 g/mol. The largest absolute Gasteiger partial charge is 0.403 e. The van der Waals surface area contributed by atoms with Gasteiger partial charge in [0.25, 0.3) is 5.89 Å². The molecule has 0 spiro atoms. The average Bonchev–Trinajstić information content (AvgIpc) is 3.79. The molecule has 0 unspecified atom stereocenters. The van der Waals surface area contributed by atoms with E-state index in [-0.39, 0.29) is 24.1 Å². The van der Waals surface area contributed by atoms with Crippen LogP contribution in [0.5, 0.6) is 0 Å². The molecule has 0 radical (unpaired) electrons. The maximum Gasteiger partial charge on any atom is 0.317 e. The van der Waals surface area contributed by atoms with E-state index in [1.807, 2.05) is 54.6 Å². The molecule has 10 nitrogen and oxygen atoms in total. The zero-order valence-electron chi connectivity index (χ0n) is 22.3. The minimum atomic E-state index is -0.922. The Hall–Kier alpha value is -4.88. The van der Waals surface area contributed by atoms with Crippen LogP contribution in [0, 0.1) is 11.3 Å². The molecule has 1 aliphatic carbocycles. The Kier molecular flexibility index (Phi) is 6.49. The van der Waals surface area contributed by atoms with Gasteiger partial charge in [-0.1, -0.05) is 59.7 Å². The van der Waals surface area contributed by atoms with E-state index in [4.69, 9.17) is 19.1 Å². The molecule has 1 saturated carbocycles. The number of aromatic nitrogens is 3. The van der Waals surface area contributed by atoms with Gasteiger partial charge in [-0.2, -0.15) is 5.26 Å². The van der Waals surface area contributed by atoms with E-state index in [0.717, 1.165) is 40.9 Å². The molecule has 1 saturated heterocycles. The lowest BCUT2D eigenvalue weighted by Gasteiger charge is -2.29. The molecule has 2 aliphatic heterocycles. The maximum absolute atomic E-state index is 13.4. The fourth-order valence-electron chi connectivity index (χ4n) is 5.36. The number of nitriles is 1. The van der Waals surface area contributed by atoms with Crippen molar-refractivity contribution in [2.45, 2.75) is 31.3 Å². The third kappa shape index (κ3) is 4.96. The molecule has 7 rings (SSSR count). The normalized spacial score (nSPS) is 18.7. The summed E-state index contributed by atoms with van der Waals surface area (Å²) in [5.41, 5.74) is 5.39. The van der Waals surface area contributed by atoms with Crippen molar-refractivity contribution in [3.05, 3.63) is 88.6 Å². The van der Waals surface area contributed by atoms with E-state index in [1.54, 1.807) is 6.07 Å². The molecule has 2 fully saturated rings. The van der Waals surface area contributed by atoms with Crippen molar-refractivity contribution in [2.75, 3.05) is 36.5 Å². The van der Waals surface area contributed by atoms with Crippen molar-refractivity contribution < 1.29 is 13.9 Å². The molecular formula is C31H27N7O3. The standard InChI is InChI=1S/C31H27N7O3/c32-18-22-16-24(29(34-26(22)20-10-11-20)38-12-14-40-15-13-38)30-36-37-31(41-30)35-28-25(39)17-21-8-4-5-9-23(21)27(33-28)19-6-2-1-3-7-19/h1-9,16,20,28H,10-15,17H2,(H,35,37)/t28-/m1/s1. The number of ether oxygens (including phenoxy) is 1. The molecule has 1 N–H and O–H groups in total. The van der Waals surface area contributed by atoms with Gasteiger partial charge < -0.3 is 19.4 Å². The van der Waals surface area contributed by atoms with E-state index in [2.05, 4.69) is 26.5 Å². The van der Waals surface area contributed by atoms with E-state index in [0.29, 0.717) is 49.2 Å². The second-order valence-corrected chi connectivity index (χ2v) is 10.4. The third-order valence-corrected chi connectivity index (χ3v) is 7.59. The van der Waals surface area contributed by atoms with Crippen LogP contribution in [0.15, 0.2) is 70.1 Å². The van der Waals surface area contributed by atoms with E-state index < -0.39 is 6.17 Å². The Labute approximate surface area is 236 Å². The fraction of sp³-hybridized carbons (Fsp3) is 0.290. The zero-order chi connectivity index (χ0) is 27.8. The summed E-state index contributed by atoms with van der Waals surface area (Å²) in [6, 6.07) is 21.8. The van der Waals surface area contributed by atoms with Gasteiger partial charge in [-0.25, -0.2) is 4.98 Å². The number of morpholine rings is 1. The number of Topliss-reactive ketones (excluding diaryl/α,β-unsaturated/α-hetero) is 1. The molecule has 3 aliphatic rings. The van der Waals surface area contributed by atoms with Crippen LogP contribution >= 0.6 is 0 Å². The van der Waals surface area contributed by atoms with E-state index in [1.165, 1.54) is 0 Å². The second kappa shape index (κ2) is 10.6. The van der Waals surface area contributed by atoms with Crippen LogP contribution in [0.25, 0.3) is 11.5 Å². The van der Waals surface area contributed by atoms with Crippen molar-refractivity contribution in [1.82, 2.24) is 15.2 Å². The summed E-state index contributed by atoms with van der Waals surface area (Å²) < 4.78 is 11.6. The molecule has 1 atom stereocenters. The van der Waals surface area contributed by atoms with E-state index in [9.17, 15) is 10.1 Å². The van der Waals surface area contributed by atoms with Crippen LogP contribution in [0.3, 0.4) is 0 Å². The number of ketones is 1. The summed E-state index contributed by atoms with van der Waals surface area (Å²) in [6.45, 7) is 2.52. The summed E-state index contributed by atoms with van der Waals surface area (Å²) >= 11 is 0. The van der Waals surface area contributed by atoms with Gasteiger partial charge in [-0.05, 0) is 24.5 Å². The van der Waals surface area contributed by atoms with Gasteiger partial charge in [0.15, 0.2) is 11.9 Å². The highest BCUT2D eigenvalue weighted by atomic mass is 16.5. The number of nitrogens with one attached hydrogen (secondary N) is 1. The van der Waals surface area contributed by atoms with Gasteiger partial charge in [0, 0.05) is 36.6 Å². The third-order valence-electron chi connectivity index (χ3n) is 7.59. The number of carbonyl (C=O) groups is 1. The molecule has 0 amide bonds. The summed E-state index contributed by atoms with van der Waals surface area (Å²) in [6.07, 6.45) is 1.36. The average molecular weight is 546 g/mol. The van der Waals surface area contributed by atoms with Crippen molar-refractivity contribution in [2.24, 2.45) is 4.99 Å². The lowest BCUT2D eigenvalue weighted by Crippen LogP contribution is -2.37. The number of hydrogen-bond donors (Lipinski definition) is 1. The van der Waals surface area contributed by atoms with Crippen molar-refractivity contribution in [3.63, 3.8) is 0 Å². The predicted molar refractivity (Wildman–Crippen MR) is 152 cm³/mol. The summed E-state index contributed by atoms with van der Waals surface area (Å²) in [5.74, 6) is 1.12. The Morgan fingerprint density at radius 1 is 0.976 bits per heavy atom. The Morgan fingerprint density at radius 3 is 2.54 bits per heavy atom. The highest BCUT2D eigenvalue weighted by molar-refractivity contribution is 6.16. The first kappa shape index (κ1) is 25.1. The molecule has 41 heavy (non-hydrogen) atoms. The van der Waals surface area contributed by atoms with Gasteiger partial charge in [0.05, 0.1) is 35.7 Å². The predicted octanol–water partition coefficient (Wildman–Crippen LogP) is 4.12. The lowest BCUT2D eigenvalue weighted by atomic mass is 9.96. The van der Waals surface area contributed by atoms with Gasteiger partial charge in [0.1, 0.15) is 11.9 Å². The van der Waals surface area contributed by atoms with Gasteiger partial charge in [-0.3, -0.25) is 9.79 Å². The van der Waals surface area contributed by atoms with Crippen molar-refractivity contribution >= 4 is 23.3 Å². The molecular weight excluding hydrogens is 518 g/mol. The number of benzene rings is 2. The Bertz CT molecular complexity index is 1680. The van der Waals surface area contributed by atoms with Crippen LogP contribution in [0.4, 0.5) is 11.8 Å². The molecule has 204 valence electrons. The molecule has 0 bridgehead atoms. The number of aliphatic imine (C=N–C) groups is 1. The number of anilines is 2. The smallest absolute Gasteiger partial charge is 0.317 e. The maximum atomic E-state index is 13.4. The summed E-state index contributed by atoms with van der Waals surface area (Å²) in [4.78, 5) is 25.3. The van der Waals surface area contributed by atoms with Gasteiger partial charge in [-0.15, -0.1) is 5.10 Å². The zero-order valence-corrected chi connectivity index (χ0v) is 22.3. The van der Waals surface area contributed by atoms with Crippen LogP contribution in [0.1, 0.15) is 46.7 Å². The molecule has 10 heteroatoms. The van der Waals surface area contributed by atoms with Crippen molar-refractivity contribution in [1.29, 1.82) is 5.26 Å². The molecule has 2 aromatic heterocycles. The first-order valence-corrected chi connectivity index (χ1v) is 13.8. The molecule has 4 aromatic rings. The van der Waals surface area contributed by atoms with Crippen molar-refractivity contribution in [3.8, 4) is 17.5 Å². The second-order valence-electron chi connectivity index (χ2n) is 10.4. The summed E-state index contributed by atoms with van der Waals surface area (Å²) in [5, 5.41) is 21.4. The SMILES string of the molecule is N#Cc1cc(-c2nnc(N[C@H]3N=C(c4ccccc4)c4ccccc4CC3=O)o2)c(N2CCOCC2)nc1C1CC1. The number of fused-ring (bicyclic) bond motifs is 1. The highest BCUT2D eigenvalue weighted by Crippen LogP contribution is 2.43. The van der Waals surface area contributed by atoms with Crippen LogP contribution in [0.2, 0.25) is 0 Å². The minimum Gasteiger partial charge on any atom is -0.403 e. The topological polar surface area (TPSA) is 130 Å². The molecule has 2 aromatic carbocycles. The fourth-order valence-corrected chi connectivity index (χ4v) is 5.36. The quantitative estimate of drug-likeness (QED) is 0.380. The summed E-state index contributed by atoms with van der Waals surface area (Å²) in [7, 11) is 0. The molecule has 4 heterocycles. The Morgan fingerprint density at radius 2 is 1.76 bits per heavy atom. The van der Waals surface area contributed by atoms with Crippen LogP contribution < -0.4 is 10.2 Å². The van der Waals surface area contributed by atoms with Gasteiger partial charge >= 0.3 is 6.01 Å². The lowest BCUT2D eigenvalue weighted by molar-refractivity contribution is -0.119. The first-order valence-electron chi connectivity index (χ1n) is 13.8. The van der Waals surface area contributed by atoms with E-state index >= 15 is 0 Å². The number of nitrogens with zero attached hydrogens (tertiary/aromatic N) is 6. The minimum absolute atomic E-state index is 0.0678.